The molecule has 0 bridgehead atoms. The summed E-state index contributed by atoms with van der Waals surface area (Å²) < 4.78 is 13.3. The molecule has 1 aromatic rings. The summed E-state index contributed by atoms with van der Waals surface area (Å²) in [6, 6.07) is 5.22. The van der Waals surface area contributed by atoms with E-state index in [-0.39, 0.29) is 18.3 Å². The van der Waals surface area contributed by atoms with Crippen LogP contribution in [0.25, 0.3) is 0 Å². The van der Waals surface area contributed by atoms with Crippen LogP contribution in [-0.4, -0.2) is 36.8 Å². The standard InChI is InChI=1S/C15H22FNO/c1-11-9-13(3-4-15(11)16)14(10-18)12-5-7-17(2)8-6-12/h3-4,9,12,14,18H,5-8,10H2,1-2H3. The van der Waals surface area contributed by atoms with Gasteiger partial charge in [0, 0.05) is 5.92 Å². The van der Waals surface area contributed by atoms with Crippen LogP contribution in [0.2, 0.25) is 0 Å². The van der Waals surface area contributed by atoms with Gasteiger partial charge in [0.1, 0.15) is 5.82 Å². The van der Waals surface area contributed by atoms with Gasteiger partial charge in [-0.25, -0.2) is 4.39 Å². The maximum atomic E-state index is 13.3. The Kier molecular flexibility index (Phi) is 4.36. The summed E-state index contributed by atoms with van der Waals surface area (Å²) in [4.78, 5) is 2.32. The molecule has 1 unspecified atom stereocenters. The van der Waals surface area contributed by atoms with Crippen molar-refractivity contribution in [2.45, 2.75) is 25.7 Å². The molecule has 1 atom stereocenters. The van der Waals surface area contributed by atoms with Crippen molar-refractivity contribution in [2.24, 2.45) is 5.92 Å². The zero-order valence-electron chi connectivity index (χ0n) is 11.2. The van der Waals surface area contributed by atoms with E-state index in [2.05, 4.69) is 11.9 Å². The molecule has 1 aliphatic heterocycles. The van der Waals surface area contributed by atoms with E-state index in [1.807, 2.05) is 12.1 Å². The van der Waals surface area contributed by atoms with E-state index < -0.39 is 0 Å². The van der Waals surface area contributed by atoms with Crippen LogP contribution in [-0.2, 0) is 0 Å². The number of rotatable bonds is 3. The summed E-state index contributed by atoms with van der Waals surface area (Å²) in [5.74, 6) is 0.493. The Morgan fingerprint density at radius 1 is 1.39 bits per heavy atom. The lowest BCUT2D eigenvalue weighted by atomic mass is 9.80. The number of aliphatic hydroxyl groups excluding tert-OH is 1. The molecular formula is C15H22FNO. The summed E-state index contributed by atoms with van der Waals surface area (Å²) in [5.41, 5.74) is 1.74. The maximum absolute atomic E-state index is 13.3. The Bertz CT molecular complexity index is 399. The van der Waals surface area contributed by atoms with E-state index in [9.17, 15) is 9.50 Å². The minimum atomic E-state index is -0.168. The monoisotopic (exact) mass is 251 g/mol. The van der Waals surface area contributed by atoms with Crippen LogP contribution in [0, 0.1) is 18.7 Å². The topological polar surface area (TPSA) is 23.5 Å². The van der Waals surface area contributed by atoms with Crippen molar-refractivity contribution < 1.29 is 9.50 Å². The van der Waals surface area contributed by atoms with Crippen molar-refractivity contribution in [3.63, 3.8) is 0 Å². The number of piperidine rings is 1. The molecule has 3 heteroatoms. The van der Waals surface area contributed by atoms with Gasteiger partial charge in [0.2, 0.25) is 0 Å². The number of hydrogen-bond donors (Lipinski definition) is 1. The fraction of sp³-hybridized carbons (Fsp3) is 0.600. The van der Waals surface area contributed by atoms with Gasteiger partial charge in [-0.15, -0.1) is 0 Å². The van der Waals surface area contributed by atoms with Gasteiger partial charge < -0.3 is 10.0 Å². The molecule has 0 aliphatic carbocycles. The Balaban J connectivity index is 2.14. The number of likely N-dealkylation sites (tertiary alicyclic amines) is 1. The summed E-state index contributed by atoms with van der Waals surface area (Å²) in [6.45, 7) is 4.10. The van der Waals surface area contributed by atoms with Crippen LogP contribution in [0.1, 0.15) is 29.9 Å². The van der Waals surface area contributed by atoms with Crippen molar-refractivity contribution in [1.29, 1.82) is 0 Å². The first-order valence-corrected chi connectivity index (χ1v) is 6.67. The predicted octanol–water partition coefficient (Wildman–Crippen LogP) is 2.55. The highest BCUT2D eigenvalue weighted by Gasteiger charge is 2.26. The summed E-state index contributed by atoms with van der Waals surface area (Å²) in [7, 11) is 2.13. The van der Waals surface area contributed by atoms with E-state index in [1.165, 1.54) is 6.07 Å². The van der Waals surface area contributed by atoms with Crippen molar-refractivity contribution in [3.8, 4) is 0 Å². The molecule has 2 nitrogen and oxygen atoms in total. The molecule has 1 heterocycles. The van der Waals surface area contributed by atoms with Crippen LogP contribution in [0.3, 0.4) is 0 Å². The van der Waals surface area contributed by atoms with Crippen LogP contribution < -0.4 is 0 Å². The second-order valence-corrected chi connectivity index (χ2v) is 5.44. The van der Waals surface area contributed by atoms with Crippen molar-refractivity contribution in [3.05, 3.63) is 35.1 Å². The molecule has 100 valence electrons. The van der Waals surface area contributed by atoms with Gasteiger partial charge in [0.25, 0.3) is 0 Å². The minimum absolute atomic E-state index is 0.151. The van der Waals surface area contributed by atoms with E-state index in [4.69, 9.17) is 0 Å². The molecule has 1 N–H and O–H groups in total. The molecule has 0 aromatic heterocycles. The van der Waals surface area contributed by atoms with Crippen molar-refractivity contribution in [1.82, 2.24) is 4.90 Å². The SMILES string of the molecule is Cc1cc(C(CO)C2CCN(C)CC2)ccc1F. The van der Waals surface area contributed by atoms with E-state index >= 15 is 0 Å². The first kappa shape index (κ1) is 13.5. The van der Waals surface area contributed by atoms with Gasteiger partial charge in [-0.05, 0) is 63.0 Å². The molecule has 1 saturated heterocycles. The molecule has 1 aromatic carbocycles. The fourth-order valence-electron chi connectivity index (χ4n) is 2.86. The minimum Gasteiger partial charge on any atom is -0.396 e. The lowest BCUT2D eigenvalue weighted by Gasteiger charge is -2.34. The third-order valence-electron chi connectivity index (χ3n) is 4.14. The molecule has 2 rings (SSSR count). The van der Waals surface area contributed by atoms with Gasteiger partial charge in [-0.2, -0.15) is 0 Å². The van der Waals surface area contributed by atoms with E-state index in [1.54, 1.807) is 6.92 Å². The van der Waals surface area contributed by atoms with Gasteiger partial charge in [0.05, 0.1) is 6.61 Å². The first-order chi connectivity index (χ1) is 8.61. The third-order valence-corrected chi connectivity index (χ3v) is 4.14. The molecule has 1 aliphatic rings. The highest BCUT2D eigenvalue weighted by molar-refractivity contribution is 5.27. The van der Waals surface area contributed by atoms with Crippen LogP contribution in [0.15, 0.2) is 18.2 Å². The van der Waals surface area contributed by atoms with Crippen molar-refractivity contribution >= 4 is 0 Å². The van der Waals surface area contributed by atoms with Gasteiger partial charge in [-0.1, -0.05) is 12.1 Å². The van der Waals surface area contributed by atoms with Gasteiger partial charge in [0.15, 0.2) is 0 Å². The fourth-order valence-corrected chi connectivity index (χ4v) is 2.86. The third kappa shape index (κ3) is 2.90. The zero-order valence-corrected chi connectivity index (χ0v) is 11.2. The smallest absolute Gasteiger partial charge is 0.126 e. The Morgan fingerprint density at radius 3 is 2.61 bits per heavy atom. The van der Waals surface area contributed by atoms with Crippen molar-refractivity contribution in [2.75, 3.05) is 26.7 Å². The quantitative estimate of drug-likeness (QED) is 0.892. The maximum Gasteiger partial charge on any atom is 0.126 e. The molecule has 0 spiro atoms. The van der Waals surface area contributed by atoms with Gasteiger partial charge in [-0.3, -0.25) is 0 Å². The lowest BCUT2D eigenvalue weighted by molar-refractivity contribution is 0.156. The van der Waals surface area contributed by atoms with Crippen LogP contribution in [0.5, 0.6) is 0 Å². The molecule has 1 fully saturated rings. The molecule has 0 radical (unpaired) electrons. The zero-order chi connectivity index (χ0) is 13.1. The highest BCUT2D eigenvalue weighted by atomic mass is 19.1. The second kappa shape index (κ2) is 5.81. The Hall–Kier alpha value is -0.930. The lowest BCUT2D eigenvalue weighted by Crippen LogP contribution is -2.33. The number of halogens is 1. The normalized spacial score (nSPS) is 20.0. The summed E-state index contributed by atoms with van der Waals surface area (Å²) in [6.07, 6.45) is 2.22. The number of aliphatic hydroxyl groups is 1. The van der Waals surface area contributed by atoms with E-state index in [0.717, 1.165) is 31.5 Å². The Labute approximate surface area is 108 Å². The second-order valence-electron chi connectivity index (χ2n) is 5.44. The predicted molar refractivity (Wildman–Crippen MR) is 71.2 cm³/mol. The van der Waals surface area contributed by atoms with Crippen LogP contribution >= 0.6 is 0 Å². The van der Waals surface area contributed by atoms with Gasteiger partial charge >= 0.3 is 0 Å². The average Bonchev–Trinajstić information content (AvgIpc) is 2.37. The average molecular weight is 251 g/mol. The van der Waals surface area contributed by atoms with Crippen LogP contribution in [0.4, 0.5) is 4.39 Å². The molecule has 0 amide bonds. The Morgan fingerprint density at radius 2 is 2.06 bits per heavy atom. The number of hydrogen-bond acceptors (Lipinski definition) is 2. The number of aryl methyl sites for hydroxylation is 1. The first-order valence-electron chi connectivity index (χ1n) is 6.67. The summed E-state index contributed by atoms with van der Waals surface area (Å²) >= 11 is 0. The van der Waals surface area contributed by atoms with E-state index in [0.29, 0.717) is 11.5 Å². The summed E-state index contributed by atoms with van der Waals surface area (Å²) in [5, 5.41) is 9.65. The molecule has 0 saturated carbocycles. The largest absolute Gasteiger partial charge is 0.396 e. The highest BCUT2D eigenvalue weighted by Crippen LogP contribution is 2.32. The molecule has 18 heavy (non-hydrogen) atoms. The molecular weight excluding hydrogens is 229 g/mol. The number of benzene rings is 1. The number of nitrogens with zero attached hydrogens (tertiary/aromatic N) is 1.